The Labute approximate surface area is 148 Å². The summed E-state index contributed by atoms with van der Waals surface area (Å²) in [6, 6.07) is 6.24. The maximum absolute atomic E-state index is 11.9. The zero-order chi connectivity index (χ0) is 19.0. The SMILES string of the molecule is CCC(C)C(N)C(=O)NCc1ccc(CS(=O)(=O)CC(=O)OC)cc1. The number of carbonyl (C=O) groups is 2. The van der Waals surface area contributed by atoms with Crippen LogP contribution in [0.25, 0.3) is 0 Å². The number of methoxy groups -OCH3 is 1. The molecule has 3 N–H and O–H groups in total. The maximum atomic E-state index is 11.9. The van der Waals surface area contributed by atoms with Gasteiger partial charge in [0.2, 0.25) is 5.91 Å². The molecule has 2 unspecified atom stereocenters. The number of hydrogen-bond donors (Lipinski definition) is 2. The number of amides is 1. The van der Waals surface area contributed by atoms with Gasteiger partial charge >= 0.3 is 5.97 Å². The number of rotatable bonds is 9. The number of carbonyl (C=O) groups excluding carboxylic acids is 2. The van der Waals surface area contributed by atoms with Crippen LogP contribution in [-0.4, -0.2) is 39.2 Å². The summed E-state index contributed by atoms with van der Waals surface area (Å²) in [5, 5.41) is 2.77. The average molecular weight is 370 g/mol. The third-order valence-corrected chi connectivity index (χ3v) is 5.45. The van der Waals surface area contributed by atoms with Crippen molar-refractivity contribution in [3.8, 4) is 0 Å². The van der Waals surface area contributed by atoms with E-state index in [1.54, 1.807) is 24.3 Å². The number of sulfone groups is 1. The fourth-order valence-corrected chi connectivity index (χ4v) is 3.40. The van der Waals surface area contributed by atoms with Crippen LogP contribution >= 0.6 is 0 Å². The van der Waals surface area contributed by atoms with E-state index in [9.17, 15) is 18.0 Å². The molecule has 7 nitrogen and oxygen atoms in total. The lowest BCUT2D eigenvalue weighted by Crippen LogP contribution is -2.44. The van der Waals surface area contributed by atoms with Crippen molar-refractivity contribution in [1.82, 2.24) is 5.32 Å². The topological polar surface area (TPSA) is 116 Å². The van der Waals surface area contributed by atoms with Crippen molar-refractivity contribution in [2.45, 2.75) is 38.6 Å². The van der Waals surface area contributed by atoms with Gasteiger partial charge in [-0.3, -0.25) is 9.59 Å². The van der Waals surface area contributed by atoms with Gasteiger partial charge < -0.3 is 15.8 Å². The summed E-state index contributed by atoms with van der Waals surface area (Å²) in [6.07, 6.45) is 0.823. The van der Waals surface area contributed by atoms with Crippen molar-refractivity contribution in [3.05, 3.63) is 35.4 Å². The molecule has 0 saturated carbocycles. The van der Waals surface area contributed by atoms with Crippen molar-refractivity contribution >= 4 is 21.7 Å². The van der Waals surface area contributed by atoms with Crippen LogP contribution in [0.4, 0.5) is 0 Å². The Morgan fingerprint density at radius 3 is 2.28 bits per heavy atom. The fraction of sp³-hybridized carbons (Fsp3) is 0.529. The van der Waals surface area contributed by atoms with Gasteiger partial charge in [-0.25, -0.2) is 8.42 Å². The normalized spacial score (nSPS) is 13.8. The third-order valence-electron chi connectivity index (χ3n) is 4.00. The average Bonchev–Trinajstić information content (AvgIpc) is 2.58. The van der Waals surface area contributed by atoms with Crippen molar-refractivity contribution in [2.24, 2.45) is 11.7 Å². The van der Waals surface area contributed by atoms with Gasteiger partial charge in [-0.2, -0.15) is 0 Å². The van der Waals surface area contributed by atoms with Gasteiger partial charge in [-0.05, 0) is 17.0 Å². The van der Waals surface area contributed by atoms with Crippen LogP contribution in [0.15, 0.2) is 24.3 Å². The van der Waals surface area contributed by atoms with E-state index in [0.29, 0.717) is 12.1 Å². The molecule has 0 aliphatic rings. The Morgan fingerprint density at radius 1 is 1.20 bits per heavy atom. The molecule has 140 valence electrons. The molecule has 0 bridgehead atoms. The number of nitrogens with two attached hydrogens (primary N) is 1. The van der Waals surface area contributed by atoms with Crippen LogP contribution < -0.4 is 11.1 Å². The molecule has 0 heterocycles. The number of nitrogens with one attached hydrogen (secondary N) is 1. The second-order valence-electron chi connectivity index (χ2n) is 6.05. The highest BCUT2D eigenvalue weighted by Crippen LogP contribution is 2.10. The Kier molecular flexibility index (Phi) is 8.05. The highest BCUT2D eigenvalue weighted by Gasteiger charge is 2.19. The molecule has 0 radical (unpaired) electrons. The molecule has 2 atom stereocenters. The lowest BCUT2D eigenvalue weighted by atomic mass is 9.99. The van der Waals surface area contributed by atoms with Gasteiger partial charge in [0, 0.05) is 6.54 Å². The Hall–Kier alpha value is -1.93. The minimum Gasteiger partial charge on any atom is -0.468 e. The summed E-state index contributed by atoms with van der Waals surface area (Å²) in [5.41, 5.74) is 7.26. The first kappa shape index (κ1) is 21.1. The maximum Gasteiger partial charge on any atom is 0.320 e. The van der Waals surface area contributed by atoms with Gasteiger partial charge in [0.1, 0.15) is 5.75 Å². The van der Waals surface area contributed by atoms with E-state index < -0.39 is 27.6 Å². The quantitative estimate of drug-likeness (QED) is 0.620. The molecule has 1 rings (SSSR count). The number of ether oxygens (including phenoxy) is 1. The van der Waals surface area contributed by atoms with E-state index in [0.717, 1.165) is 19.1 Å². The van der Waals surface area contributed by atoms with E-state index in [1.807, 2.05) is 13.8 Å². The molecule has 0 aromatic heterocycles. The summed E-state index contributed by atoms with van der Waals surface area (Å²) in [4.78, 5) is 23.0. The largest absolute Gasteiger partial charge is 0.468 e. The van der Waals surface area contributed by atoms with E-state index in [-0.39, 0.29) is 17.6 Å². The van der Waals surface area contributed by atoms with Crippen LogP contribution in [0.5, 0.6) is 0 Å². The first-order valence-electron chi connectivity index (χ1n) is 8.06. The van der Waals surface area contributed by atoms with E-state index in [4.69, 9.17) is 5.73 Å². The summed E-state index contributed by atoms with van der Waals surface area (Å²) in [7, 11) is -2.42. The van der Waals surface area contributed by atoms with Crippen LogP contribution in [-0.2, 0) is 36.5 Å². The summed E-state index contributed by atoms with van der Waals surface area (Å²) < 4.78 is 28.1. The van der Waals surface area contributed by atoms with Gasteiger partial charge in [0.05, 0.1) is 18.9 Å². The van der Waals surface area contributed by atoms with Crippen LogP contribution in [0.2, 0.25) is 0 Å². The number of hydrogen-bond acceptors (Lipinski definition) is 6. The summed E-state index contributed by atoms with van der Waals surface area (Å²) >= 11 is 0. The van der Waals surface area contributed by atoms with Gasteiger partial charge in [-0.1, -0.05) is 44.5 Å². The molecule has 1 aromatic rings. The summed E-state index contributed by atoms with van der Waals surface area (Å²) in [5.74, 6) is -1.78. The monoisotopic (exact) mass is 370 g/mol. The van der Waals surface area contributed by atoms with Crippen molar-refractivity contribution < 1.29 is 22.7 Å². The standard InChI is InChI=1S/C17H26N2O5S/c1-4-12(2)16(18)17(21)19-9-13-5-7-14(8-6-13)10-25(22,23)11-15(20)24-3/h5-8,12,16H,4,9-11,18H2,1-3H3,(H,19,21). The second kappa shape index (κ2) is 9.53. The van der Waals surface area contributed by atoms with Crippen LogP contribution in [0, 0.1) is 5.92 Å². The highest BCUT2D eigenvalue weighted by molar-refractivity contribution is 7.91. The summed E-state index contributed by atoms with van der Waals surface area (Å²) in [6.45, 7) is 4.22. The molecule has 1 amide bonds. The van der Waals surface area contributed by atoms with Crippen molar-refractivity contribution in [1.29, 1.82) is 0 Å². The molecule has 25 heavy (non-hydrogen) atoms. The predicted molar refractivity (Wildman–Crippen MR) is 95.2 cm³/mol. The first-order chi connectivity index (χ1) is 11.7. The van der Waals surface area contributed by atoms with Crippen molar-refractivity contribution in [2.75, 3.05) is 12.9 Å². The second-order valence-corrected chi connectivity index (χ2v) is 8.12. The minimum atomic E-state index is -3.57. The van der Waals surface area contributed by atoms with Crippen molar-refractivity contribution in [3.63, 3.8) is 0 Å². The molecule has 0 aliphatic heterocycles. The molecule has 1 aromatic carbocycles. The smallest absolute Gasteiger partial charge is 0.320 e. The van der Waals surface area contributed by atoms with E-state index >= 15 is 0 Å². The molecule has 0 aliphatic carbocycles. The van der Waals surface area contributed by atoms with Gasteiger partial charge in [-0.15, -0.1) is 0 Å². The minimum absolute atomic E-state index is 0.0994. The van der Waals surface area contributed by atoms with E-state index in [2.05, 4.69) is 10.1 Å². The van der Waals surface area contributed by atoms with Gasteiger partial charge in [0.25, 0.3) is 0 Å². The molecule has 0 spiro atoms. The Balaban J connectivity index is 2.59. The molecular weight excluding hydrogens is 344 g/mol. The third kappa shape index (κ3) is 7.23. The van der Waals surface area contributed by atoms with Gasteiger partial charge in [0.15, 0.2) is 9.84 Å². The molecule has 8 heteroatoms. The predicted octanol–water partition coefficient (Wildman–Crippen LogP) is 0.764. The van der Waals surface area contributed by atoms with Crippen LogP contribution in [0.1, 0.15) is 31.4 Å². The lowest BCUT2D eigenvalue weighted by Gasteiger charge is -2.17. The molecule has 0 saturated heterocycles. The lowest BCUT2D eigenvalue weighted by molar-refractivity contribution is -0.137. The zero-order valence-corrected chi connectivity index (χ0v) is 15.6. The first-order valence-corrected chi connectivity index (χ1v) is 9.89. The van der Waals surface area contributed by atoms with E-state index in [1.165, 1.54) is 0 Å². The molecular formula is C17H26N2O5S. The Bertz CT molecular complexity index is 685. The number of esters is 1. The highest BCUT2D eigenvalue weighted by atomic mass is 32.2. The number of benzene rings is 1. The Morgan fingerprint density at radius 2 is 1.76 bits per heavy atom. The van der Waals surface area contributed by atoms with Crippen LogP contribution in [0.3, 0.4) is 0 Å². The fourth-order valence-electron chi connectivity index (χ4n) is 2.12. The molecule has 0 fully saturated rings. The zero-order valence-electron chi connectivity index (χ0n) is 14.8.